The molecule has 0 saturated carbocycles. The average molecular weight is 332 g/mol. The van der Waals surface area contributed by atoms with Gasteiger partial charge in [0.15, 0.2) is 0 Å². The molecule has 2 aromatic rings. The van der Waals surface area contributed by atoms with E-state index in [0.29, 0.717) is 12.4 Å². The van der Waals surface area contributed by atoms with Gasteiger partial charge in [-0.2, -0.15) is 0 Å². The van der Waals surface area contributed by atoms with Gasteiger partial charge in [0, 0.05) is 38.8 Å². The fourth-order valence-corrected chi connectivity index (χ4v) is 2.76. The van der Waals surface area contributed by atoms with Gasteiger partial charge in [0.2, 0.25) is 11.8 Å². The number of rotatable bonds is 5. The maximum Gasteiger partial charge on any atom is 0.240 e. The summed E-state index contributed by atoms with van der Waals surface area (Å²) in [5.41, 5.74) is 1.84. The summed E-state index contributed by atoms with van der Waals surface area (Å²) in [6.07, 6.45) is 0. The molecule has 0 spiro atoms. The van der Waals surface area contributed by atoms with Gasteiger partial charge < -0.3 is 4.52 Å². The third-order valence-electron chi connectivity index (χ3n) is 4.04. The number of aromatic nitrogens is 1. The first-order valence-electron chi connectivity index (χ1n) is 8.01. The predicted molar refractivity (Wildman–Crippen MR) is 88.0 cm³/mol. The Morgan fingerprint density at radius 2 is 1.88 bits per heavy atom. The molecule has 7 heteroatoms. The van der Waals surface area contributed by atoms with Gasteiger partial charge >= 0.3 is 0 Å². The first-order chi connectivity index (χ1) is 11.6. The smallest absolute Gasteiger partial charge is 0.240 e. The van der Waals surface area contributed by atoms with Crippen LogP contribution in [0.5, 0.6) is 0 Å². The first kappa shape index (κ1) is 16.6. The average Bonchev–Trinajstić information content (AvgIpc) is 2.96. The van der Waals surface area contributed by atoms with Crippen molar-refractivity contribution in [2.45, 2.75) is 13.5 Å². The summed E-state index contributed by atoms with van der Waals surface area (Å²) < 4.78 is 17.9. The van der Waals surface area contributed by atoms with E-state index in [-0.39, 0.29) is 11.7 Å². The summed E-state index contributed by atoms with van der Waals surface area (Å²) in [5, 5.41) is 6.45. The molecule has 0 bridgehead atoms. The zero-order valence-electron chi connectivity index (χ0n) is 13.7. The van der Waals surface area contributed by atoms with Gasteiger partial charge in [-0.05, 0) is 24.6 Å². The molecule has 0 atom stereocenters. The van der Waals surface area contributed by atoms with Crippen LogP contribution in [0.1, 0.15) is 11.3 Å². The summed E-state index contributed by atoms with van der Waals surface area (Å²) in [4.78, 5) is 16.4. The zero-order chi connectivity index (χ0) is 16.9. The fraction of sp³-hybridized carbons (Fsp3) is 0.412. The number of piperazine rings is 1. The molecule has 1 aliphatic rings. The first-order valence-corrected chi connectivity index (χ1v) is 8.01. The normalized spacial score (nSPS) is 16.2. The van der Waals surface area contributed by atoms with Crippen LogP contribution in [0.15, 0.2) is 34.9 Å². The molecule has 0 aliphatic carbocycles. The number of carbonyl (C=O) groups is 1. The highest BCUT2D eigenvalue weighted by molar-refractivity contribution is 5.90. The molecule has 0 radical (unpaired) electrons. The quantitative estimate of drug-likeness (QED) is 0.906. The van der Waals surface area contributed by atoms with Crippen LogP contribution in [-0.2, 0) is 11.3 Å². The van der Waals surface area contributed by atoms with Crippen LogP contribution in [0.2, 0.25) is 0 Å². The van der Waals surface area contributed by atoms with E-state index in [1.165, 1.54) is 12.1 Å². The molecule has 1 saturated heterocycles. The van der Waals surface area contributed by atoms with E-state index in [1.54, 1.807) is 13.0 Å². The lowest BCUT2D eigenvalue weighted by Crippen LogP contribution is -2.48. The molecule has 1 aromatic carbocycles. The van der Waals surface area contributed by atoms with Crippen LogP contribution in [0.4, 0.5) is 10.3 Å². The molecular weight excluding hydrogens is 311 g/mol. The van der Waals surface area contributed by atoms with Crippen molar-refractivity contribution in [3.8, 4) is 0 Å². The maximum atomic E-state index is 12.9. The molecule has 0 unspecified atom stereocenters. The van der Waals surface area contributed by atoms with Crippen LogP contribution < -0.4 is 5.32 Å². The van der Waals surface area contributed by atoms with E-state index >= 15 is 0 Å². The number of hydrogen-bond acceptors (Lipinski definition) is 5. The van der Waals surface area contributed by atoms with Crippen molar-refractivity contribution in [1.82, 2.24) is 15.0 Å². The van der Waals surface area contributed by atoms with Crippen LogP contribution in [0, 0.1) is 12.7 Å². The highest BCUT2D eigenvalue weighted by Gasteiger charge is 2.19. The Hall–Kier alpha value is -2.25. The fourth-order valence-electron chi connectivity index (χ4n) is 2.76. The minimum absolute atomic E-state index is 0.0989. The molecule has 1 N–H and O–H groups in total. The highest BCUT2D eigenvalue weighted by Crippen LogP contribution is 2.11. The van der Waals surface area contributed by atoms with Crippen LogP contribution >= 0.6 is 0 Å². The number of anilines is 1. The van der Waals surface area contributed by atoms with Gasteiger partial charge in [-0.3, -0.25) is 19.9 Å². The van der Waals surface area contributed by atoms with Gasteiger partial charge in [-0.15, -0.1) is 0 Å². The number of nitrogens with zero attached hydrogens (tertiary/aromatic N) is 3. The Kier molecular flexibility index (Phi) is 5.22. The Morgan fingerprint density at radius 3 is 2.50 bits per heavy atom. The van der Waals surface area contributed by atoms with Crippen LogP contribution in [0.3, 0.4) is 0 Å². The Bertz CT molecular complexity index is 678. The topological polar surface area (TPSA) is 61.6 Å². The van der Waals surface area contributed by atoms with Gasteiger partial charge in [-0.25, -0.2) is 4.39 Å². The van der Waals surface area contributed by atoms with Crippen molar-refractivity contribution < 1.29 is 13.7 Å². The highest BCUT2D eigenvalue weighted by atomic mass is 19.1. The van der Waals surface area contributed by atoms with E-state index in [9.17, 15) is 9.18 Å². The molecule has 128 valence electrons. The van der Waals surface area contributed by atoms with Crippen molar-refractivity contribution >= 4 is 11.8 Å². The number of nitrogens with one attached hydrogen (secondary N) is 1. The molecule has 2 heterocycles. The number of aryl methyl sites for hydroxylation is 1. The largest absolute Gasteiger partial charge is 0.338 e. The van der Waals surface area contributed by atoms with Gasteiger partial charge in [0.1, 0.15) is 5.82 Å². The lowest BCUT2D eigenvalue weighted by molar-refractivity contribution is -0.117. The Labute approximate surface area is 140 Å². The number of halogens is 1. The summed E-state index contributed by atoms with van der Waals surface area (Å²) in [7, 11) is 0. The van der Waals surface area contributed by atoms with Crippen molar-refractivity contribution in [2.75, 3.05) is 38.0 Å². The minimum Gasteiger partial charge on any atom is -0.338 e. The number of benzene rings is 1. The molecule has 1 amide bonds. The van der Waals surface area contributed by atoms with Gasteiger partial charge in [0.25, 0.3) is 0 Å². The summed E-state index contributed by atoms with van der Waals surface area (Å²) >= 11 is 0. The second kappa shape index (κ2) is 7.55. The zero-order valence-corrected chi connectivity index (χ0v) is 13.7. The molecule has 3 rings (SSSR count). The van der Waals surface area contributed by atoms with E-state index in [1.807, 2.05) is 12.1 Å². The second-order valence-corrected chi connectivity index (χ2v) is 6.06. The summed E-state index contributed by atoms with van der Waals surface area (Å²) in [6, 6.07) is 8.30. The lowest BCUT2D eigenvalue weighted by Gasteiger charge is -2.34. The van der Waals surface area contributed by atoms with E-state index in [2.05, 4.69) is 20.3 Å². The second-order valence-electron chi connectivity index (χ2n) is 6.06. The van der Waals surface area contributed by atoms with Crippen LogP contribution in [-0.4, -0.2) is 53.6 Å². The maximum absolute atomic E-state index is 12.9. The predicted octanol–water partition coefficient (Wildman–Crippen LogP) is 1.88. The molecule has 6 nitrogen and oxygen atoms in total. The number of carbonyl (C=O) groups excluding carboxylic acids is 1. The van der Waals surface area contributed by atoms with Crippen LogP contribution in [0.25, 0.3) is 0 Å². The van der Waals surface area contributed by atoms with E-state index < -0.39 is 0 Å². The molecule has 1 aromatic heterocycles. The number of amides is 1. The Morgan fingerprint density at radius 1 is 1.21 bits per heavy atom. The summed E-state index contributed by atoms with van der Waals surface area (Å²) in [5.74, 6) is 0.0714. The van der Waals surface area contributed by atoms with Crippen molar-refractivity contribution in [2.24, 2.45) is 0 Å². The van der Waals surface area contributed by atoms with Gasteiger partial charge in [-0.1, -0.05) is 17.3 Å². The standard InChI is InChI=1S/C17H21FN4O2/c1-13-10-17(24-20-13)19-16(23)12-22-8-6-21(7-9-22)11-14-2-4-15(18)5-3-14/h2-5,10H,6-9,11-12H2,1H3,(H,19,23). The lowest BCUT2D eigenvalue weighted by atomic mass is 10.2. The molecular formula is C17H21FN4O2. The van der Waals surface area contributed by atoms with Crippen molar-refractivity contribution in [3.63, 3.8) is 0 Å². The summed E-state index contributed by atoms with van der Waals surface area (Å²) in [6.45, 7) is 6.35. The monoisotopic (exact) mass is 332 g/mol. The molecule has 24 heavy (non-hydrogen) atoms. The third-order valence-corrected chi connectivity index (χ3v) is 4.04. The number of hydrogen-bond donors (Lipinski definition) is 1. The molecule has 1 aliphatic heterocycles. The van der Waals surface area contributed by atoms with E-state index in [0.717, 1.165) is 44.0 Å². The molecule has 1 fully saturated rings. The Balaban J connectivity index is 1.41. The van der Waals surface area contributed by atoms with Gasteiger partial charge in [0.05, 0.1) is 12.2 Å². The van der Waals surface area contributed by atoms with E-state index in [4.69, 9.17) is 4.52 Å². The SMILES string of the molecule is Cc1cc(NC(=O)CN2CCN(Cc3ccc(F)cc3)CC2)on1. The minimum atomic E-state index is -0.212. The van der Waals surface area contributed by atoms with Crippen molar-refractivity contribution in [1.29, 1.82) is 0 Å². The third kappa shape index (κ3) is 4.62. The van der Waals surface area contributed by atoms with Crippen molar-refractivity contribution in [3.05, 3.63) is 47.4 Å².